The van der Waals surface area contributed by atoms with Crippen molar-refractivity contribution >= 4 is 23.2 Å². The molecule has 2 rings (SSSR count). The van der Waals surface area contributed by atoms with E-state index >= 15 is 0 Å². The van der Waals surface area contributed by atoms with Gasteiger partial charge in [0.2, 0.25) is 0 Å². The van der Waals surface area contributed by atoms with Crippen LogP contribution in [0.25, 0.3) is 0 Å². The molecule has 0 fully saturated rings. The Hall–Kier alpha value is -2.01. The number of hydrogen-bond donors (Lipinski definition) is 2. The Labute approximate surface area is 110 Å². The van der Waals surface area contributed by atoms with E-state index in [1.54, 1.807) is 42.5 Å². The van der Waals surface area contributed by atoms with E-state index in [1.807, 2.05) is 0 Å². The smallest absolute Gasteiger partial charge is 0.254 e. The number of nitrogen functional groups attached to an aromatic ring is 1. The van der Waals surface area contributed by atoms with Crippen LogP contribution in [0.2, 0.25) is 5.02 Å². The van der Waals surface area contributed by atoms with Gasteiger partial charge in [-0.25, -0.2) is 4.98 Å². The number of nitrogens with one attached hydrogen (secondary N) is 1. The predicted molar refractivity (Wildman–Crippen MR) is 70.2 cm³/mol. The van der Waals surface area contributed by atoms with Crippen LogP contribution >= 0.6 is 11.6 Å². The third-order valence-electron chi connectivity index (χ3n) is 2.46. The van der Waals surface area contributed by atoms with Crippen molar-refractivity contribution in [2.24, 2.45) is 0 Å². The maximum absolute atomic E-state index is 12.1. The summed E-state index contributed by atoms with van der Waals surface area (Å²) < 4.78 is 0. The number of aromatic amines is 1. The second-order valence-electron chi connectivity index (χ2n) is 3.97. The van der Waals surface area contributed by atoms with Gasteiger partial charge in [0.05, 0.1) is 6.54 Å². The first-order chi connectivity index (χ1) is 8.56. The fourth-order valence-electron chi connectivity index (χ4n) is 1.64. The van der Waals surface area contributed by atoms with Crippen LogP contribution < -0.4 is 5.73 Å². The summed E-state index contributed by atoms with van der Waals surface area (Å²) in [6.45, 7) is 0.401. The van der Waals surface area contributed by atoms with Crippen LogP contribution in [0.4, 0.5) is 5.69 Å². The number of halogens is 1. The molecule has 94 valence electrons. The molecule has 0 atom stereocenters. The Bertz CT molecular complexity index is 533. The number of carbonyl (C=O) groups excluding carboxylic acids is 1. The van der Waals surface area contributed by atoms with Crippen LogP contribution in [-0.2, 0) is 6.54 Å². The van der Waals surface area contributed by atoms with Gasteiger partial charge in [0.15, 0.2) is 0 Å². The zero-order chi connectivity index (χ0) is 13.1. The Morgan fingerprint density at radius 2 is 2.28 bits per heavy atom. The first-order valence-electron chi connectivity index (χ1n) is 5.36. The highest BCUT2D eigenvalue weighted by atomic mass is 35.5. The zero-order valence-corrected chi connectivity index (χ0v) is 10.6. The van der Waals surface area contributed by atoms with E-state index in [0.717, 1.165) is 5.82 Å². The normalized spacial score (nSPS) is 10.3. The standard InChI is InChI=1S/C12H13ClN4O/c1-17(7-11-15-2-3-16-11)12(18)8-4-9(13)6-10(14)5-8/h2-6H,7,14H2,1H3,(H,15,16). The van der Waals surface area contributed by atoms with Gasteiger partial charge in [0.1, 0.15) is 5.82 Å². The molecule has 0 radical (unpaired) electrons. The predicted octanol–water partition coefficient (Wildman–Crippen LogP) is 1.92. The van der Waals surface area contributed by atoms with Crippen molar-refractivity contribution in [1.82, 2.24) is 14.9 Å². The third-order valence-corrected chi connectivity index (χ3v) is 2.67. The van der Waals surface area contributed by atoms with E-state index in [9.17, 15) is 4.79 Å². The van der Waals surface area contributed by atoms with Crippen molar-refractivity contribution in [3.8, 4) is 0 Å². The number of anilines is 1. The van der Waals surface area contributed by atoms with E-state index in [2.05, 4.69) is 9.97 Å². The van der Waals surface area contributed by atoms with Gasteiger partial charge in [0.25, 0.3) is 5.91 Å². The van der Waals surface area contributed by atoms with Gasteiger partial charge >= 0.3 is 0 Å². The molecule has 0 saturated heterocycles. The number of nitrogens with two attached hydrogens (primary N) is 1. The Morgan fingerprint density at radius 3 is 2.89 bits per heavy atom. The van der Waals surface area contributed by atoms with E-state index in [1.165, 1.54) is 0 Å². The zero-order valence-electron chi connectivity index (χ0n) is 9.85. The summed E-state index contributed by atoms with van der Waals surface area (Å²) >= 11 is 5.87. The molecule has 0 bridgehead atoms. The van der Waals surface area contributed by atoms with E-state index < -0.39 is 0 Å². The maximum Gasteiger partial charge on any atom is 0.254 e. The average molecular weight is 265 g/mol. The average Bonchev–Trinajstić information content (AvgIpc) is 2.79. The highest BCUT2D eigenvalue weighted by molar-refractivity contribution is 6.31. The lowest BCUT2D eigenvalue weighted by molar-refractivity contribution is 0.0782. The lowest BCUT2D eigenvalue weighted by Gasteiger charge is -2.16. The molecule has 5 nitrogen and oxygen atoms in total. The minimum Gasteiger partial charge on any atom is -0.399 e. The summed E-state index contributed by atoms with van der Waals surface area (Å²) in [5, 5.41) is 0.449. The Balaban J connectivity index is 2.15. The Kier molecular flexibility index (Phi) is 3.53. The molecule has 0 aliphatic carbocycles. The van der Waals surface area contributed by atoms with Crippen LogP contribution in [0.5, 0.6) is 0 Å². The second kappa shape index (κ2) is 5.10. The summed E-state index contributed by atoms with van der Waals surface area (Å²) in [7, 11) is 1.70. The molecule has 18 heavy (non-hydrogen) atoms. The van der Waals surface area contributed by atoms with Gasteiger partial charge in [-0.15, -0.1) is 0 Å². The molecule has 0 saturated carbocycles. The summed E-state index contributed by atoms with van der Waals surface area (Å²) in [4.78, 5) is 20.7. The van der Waals surface area contributed by atoms with Gasteiger partial charge < -0.3 is 15.6 Å². The molecule has 0 aliphatic heterocycles. The van der Waals surface area contributed by atoms with E-state index in [4.69, 9.17) is 17.3 Å². The van der Waals surface area contributed by atoms with Crippen molar-refractivity contribution in [2.75, 3.05) is 12.8 Å². The molecule has 0 aliphatic rings. The van der Waals surface area contributed by atoms with Gasteiger partial charge in [0, 0.05) is 35.7 Å². The van der Waals surface area contributed by atoms with Crippen LogP contribution in [0.15, 0.2) is 30.6 Å². The molecule has 0 spiro atoms. The maximum atomic E-state index is 12.1. The topological polar surface area (TPSA) is 75.0 Å². The molecular weight excluding hydrogens is 252 g/mol. The van der Waals surface area contributed by atoms with Crippen molar-refractivity contribution in [3.63, 3.8) is 0 Å². The minimum atomic E-state index is -0.152. The van der Waals surface area contributed by atoms with E-state index in [-0.39, 0.29) is 5.91 Å². The molecular formula is C12H13ClN4O. The number of aromatic nitrogens is 2. The number of imidazole rings is 1. The SMILES string of the molecule is CN(Cc1ncc[nH]1)C(=O)c1cc(N)cc(Cl)c1. The van der Waals surface area contributed by atoms with Gasteiger partial charge in [-0.1, -0.05) is 11.6 Å². The quantitative estimate of drug-likeness (QED) is 0.832. The molecule has 1 amide bonds. The molecule has 3 N–H and O–H groups in total. The molecule has 2 aromatic rings. The number of amides is 1. The number of carbonyl (C=O) groups is 1. The van der Waals surface area contributed by atoms with Crippen molar-refractivity contribution in [2.45, 2.75) is 6.54 Å². The minimum absolute atomic E-state index is 0.152. The van der Waals surface area contributed by atoms with Crippen molar-refractivity contribution in [1.29, 1.82) is 0 Å². The van der Waals surface area contributed by atoms with Crippen LogP contribution in [0.3, 0.4) is 0 Å². The fourth-order valence-corrected chi connectivity index (χ4v) is 1.88. The highest BCUT2D eigenvalue weighted by Crippen LogP contribution is 2.18. The first-order valence-corrected chi connectivity index (χ1v) is 5.74. The van der Waals surface area contributed by atoms with Crippen molar-refractivity contribution in [3.05, 3.63) is 47.0 Å². The molecule has 6 heteroatoms. The summed E-state index contributed by atoms with van der Waals surface area (Å²) in [6, 6.07) is 4.80. The number of hydrogen-bond acceptors (Lipinski definition) is 3. The summed E-state index contributed by atoms with van der Waals surface area (Å²) in [5.74, 6) is 0.571. The number of H-pyrrole nitrogens is 1. The van der Waals surface area contributed by atoms with E-state index in [0.29, 0.717) is 22.8 Å². The van der Waals surface area contributed by atoms with Crippen LogP contribution in [0, 0.1) is 0 Å². The monoisotopic (exact) mass is 264 g/mol. The highest BCUT2D eigenvalue weighted by Gasteiger charge is 2.14. The number of benzene rings is 1. The summed E-state index contributed by atoms with van der Waals surface area (Å²) in [5.41, 5.74) is 6.60. The van der Waals surface area contributed by atoms with Gasteiger partial charge in [-0.05, 0) is 18.2 Å². The number of rotatable bonds is 3. The largest absolute Gasteiger partial charge is 0.399 e. The first kappa shape index (κ1) is 12.4. The Morgan fingerprint density at radius 1 is 1.50 bits per heavy atom. The van der Waals surface area contributed by atoms with Crippen LogP contribution in [-0.4, -0.2) is 27.8 Å². The fraction of sp³-hybridized carbons (Fsp3) is 0.167. The third kappa shape index (κ3) is 2.81. The van der Waals surface area contributed by atoms with Gasteiger partial charge in [-0.3, -0.25) is 4.79 Å². The summed E-state index contributed by atoms with van der Waals surface area (Å²) in [6.07, 6.45) is 3.36. The van der Waals surface area contributed by atoms with Gasteiger partial charge in [-0.2, -0.15) is 0 Å². The lowest BCUT2D eigenvalue weighted by Crippen LogP contribution is -2.26. The molecule has 1 heterocycles. The van der Waals surface area contributed by atoms with Crippen molar-refractivity contribution < 1.29 is 4.79 Å². The second-order valence-corrected chi connectivity index (χ2v) is 4.41. The molecule has 1 aromatic carbocycles. The molecule has 0 unspecified atom stereocenters. The molecule has 1 aromatic heterocycles. The van der Waals surface area contributed by atoms with Crippen LogP contribution in [0.1, 0.15) is 16.2 Å². The number of nitrogens with zero attached hydrogens (tertiary/aromatic N) is 2. The lowest BCUT2D eigenvalue weighted by atomic mass is 10.2.